The van der Waals surface area contributed by atoms with Crippen molar-refractivity contribution >= 4 is 11.8 Å². The van der Waals surface area contributed by atoms with Crippen LogP contribution in [0.1, 0.15) is 30.8 Å². The van der Waals surface area contributed by atoms with Gasteiger partial charge in [-0.15, -0.1) is 0 Å². The zero-order chi connectivity index (χ0) is 21.4. The molecule has 28 heavy (non-hydrogen) atoms. The van der Waals surface area contributed by atoms with Crippen molar-refractivity contribution in [1.29, 1.82) is 0 Å². The van der Waals surface area contributed by atoms with Gasteiger partial charge in [-0.2, -0.15) is 13.2 Å². The van der Waals surface area contributed by atoms with Gasteiger partial charge in [0.15, 0.2) is 11.5 Å². The van der Waals surface area contributed by atoms with Crippen molar-refractivity contribution in [3.8, 4) is 0 Å². The number of rotatable bonds is 3. The molecule has 156 valence electrons. The zero-order valence-electron chi connectivity index (χ0n) is 15.4. The van der Waals surface area contributed by atoms with Crippen LogP contribution in [0.3, 0.4) is 0 Å². The summed E-state index contributed by atoms with van der Waals surface area (Å²) in [6.07, 6.45) is -4.30. The average Bonchev–Trinajstić information content (AvgIpc) is 2.58. The van der Waals surface area contributed by atoms with E-state index >= 15 is 0 Å². The van der Waals surface area contributed by atoms with E-state index in [1.54, 1.807) is 6.92 Å². The summed E-state index contributed by atoms with van der Waals surface area (Å²) in [5, 5.41) is 9.56. The second-order valence-corrected chi connectivity index (χ2v) is 7.05. The molecule has 3 atom stereocenters. The molecule has 1 saturated heterocycles. The lowest BCUT2D eigenvalue weighted by Crippen LogP contribution is -2.60. The normalized spacial score (nSPS) is 22.5. The molecule has 3 unspecified atom stereocenters. The Morgan fingerprint density at radius 1 is 1.32 bits per heavy atom. The monoisotopic (exact) mass is 409 g/mol. The molecule has 0 aromatic carbocycles. The number of halogens is 5. The number of likely N-dealkylation sites (tertiary alicyclic amines) is 1. The first-order chi connectivity index (χ1) is 12.8. The van der Waals surface area contributed by atoms with Crippen molar-refractivity contribution in [2.45, 2.75) is 38.1 Å². The van der Waals surface area contributed by atoms with Crippen LogP contribution in [0.5, 0.6) is 0 Å². The van der Waals surface area contributed by atoms with Gasteiger partial charge in [-0.1, -0.05) is 6.92 Å². The molecule has 1 aromatic heterocycles. The molecule has 1 N–H and O–H groups in total. The van der Waals surface area contributed by atoms with Crippen LogP contribution in [0.15, 0.2) is 12.3 Å². The molecule has 1 aliphatic heterocycles. The molecule has 0 saturated carbocycles. The minimum Gasteiger partial charge on any atom is -0.373 e. The number of hydrogen-bond acceptors (Lipinski definition) is 4. The van der Waals surface area contributed by atoms with Gasteiger partial charge in [-0.05, 0) is 19.3 Å². The third-order valence-corrected chi connectivity index (χ3v) is 4.94. The average molecular weight is 409 g/mol. The summed E-state index contributed by atoms with van der Waals surface area (Å²) in [5.74, 6) is -4.80. The van der Waals surface area contributed by atoms with Crippen LogP contribution in [-0.4, -0.2) is 69.7 Å². The maximum Gasteiger partial charge on any atom is 0.426 e. The number of hydrogen-bond donors (Lipinski definition) is 1. The van der Waals surface area contributed by atoms with Crippen LogP contribution in [0.4, 0.5) is 22.0 Å². The van der Waals surface area contributed by atoms with Gasteiger partial charge in [0, 0.05) is 32.2 Å². The smallest absolute Gasteiger partial charge is 0.373 e. The summed E-state index contributed by atoms with van der Waals surface area (Å²) in [7, 11) is 1.37. The summed E-state index contributed by atoms with van der Waals surface area (Å²) in [5.41, 5.74) is -4.09. The van der Waals surface area contributed by atoms with Crippen molar-refractivity contribution in [1.82, 2.24) is 14.8 Å². The van der Waals surface area contributed by atoms with Crippen molar-refractivity contribution in [2.24, 2.45) is 5.92 Å². The quantitative estimate of drug-likeness (QED) is 0.775. The number of amides is 2. The predicted molar refractivity (Wildman–Crippen MR) is 87.1 cm³/mol. The highest BCUT2D eigenvalue weighted by atomic mass is 19.4. The summed E-state index contributed by atoms with van der Waals surface area (Å²) in [6.45, 7) is 1.75. The lowest BCUT2D eigenvalue weighted by atomic mass is 9.91. The summed E-state index contributed by atoms with van der Waals surface area (Å²) in [4.78, 5) is 30.1. The zero-order valence-corrected chi connectivity index (χ0v) is 15.4. The van der Waals surface area contributed by atoms with E-state index in [0.717, 1.165) is 4.90 Å². The van der Waals surface area contributed by atoms with E-state index in [1.165, 1.54) is 11.9 Å². The van der Waals surface area contributed by atoms with E-state index in [-0.39, 0.29) is 19.5 Å². The summed E-state index contributed by atoms with van der Waals surface area (Å²) in [6, 6.07) is 0.0106. The standard InChI is InChI=1S/C17H20F5N3O3/c1-9-8-25(15(27)16(2,28)17(20,21)22)5-4-12(9)24(3)14(26)13-11(19)6-10(18)7-23-13/h6-7,9,12,28H,4-5,8H2,1-3H3. The van der Waals surface area contributed by atoms with Crippen molar-refractivity contribution in [3.63, 3.8) is 0 Å². The number of piperidine rings is 1. The van der Waals surface area contributed by atoms with Gasteiger partial charge in [-0.25, -0.2) is 13.8 Å². The highest BCUT2D eigenvalue weighted by Gasteiger charge is 2.57. The molecule has 0 spiro atoms. The number of alkyl halides is 3. The highest BCUT2D eigenvalue weighted by Crippen LogP contribution is 2.33. The van der Waals surface area contributed by atoms with E-state index in [2.05, 4.69) is 4.98 Å². The van der Waals surface area contributed by atoms with Crippen LogP contribution < -0.4 is 0 Å². The molecule has 0 radical (unpaired) electrons. The maximum absolute atomic E-state index is 13.8. The minimum absolute atomic E-state index is 0.117. The predicted octanol–water partition coefficient (Wildman–Crippen LogP) is 1.98. The van der Waals surface area contributed by atoms with Gasteiger partial charge >= 0.3 is 6.18 Å². The lowest BCUT2D eigenvalue weighted by Gasteiger charge is -2.43. The number of aliphatic hydroxyl groups is 1. The second-order valence-electron chi connectivity index (χ2n) is 7.05. The Morgan fingerprint density at radius 3 is 2.43 bits per heavy atom. The Kier molecular flexibility index (Phi) is 5.98. The maximum atomic E-state index is 13.8. The SMILES string of the molecule is CC1CN(C(=O)C(C)(O)C(F)(F)F)CCC1N(C)C(=O)c1ncc(F)cc1F. The molecule has 2 rings (SSSR count). The summed E-state index contributed by atoms with van der Waals surface area (Å²) < 4.78 is 65.4. The van der Waals surface area contributed by atoms with E-state index in [0.29, 0.717) is 19.2 Å². The first-order valence-corrected chi connectivity index (χ1v) is 8.44. The van der Waals surface area contributed by atoms with E-state index in [1.807, 2.05) is 0 Å². The second kappa shape index (κ2) is 7.61. The Balaban J connectivity index is 2.11. The Hall–Kier alpha value is -2.30. The van der Waals surface area contributed by atoms with Crippen LogP contribution in [-0.2, 0) is 4.79 Å². The van der Waals surface area contributed by atoms with Gasteiger partial charge in [0.25, 0.3) is 11.8 Å². The Morgan fingerprint density at radius 2 is 1.93 bits per heavy atom. The molecule has 11 heteroatoms. The Bertz CT molecular complexity index is 769. The van der Waals surface area contributed by atoms with Crippen LogP contribution in [0.25, 0.3) is 0 Å². The molecule has 1 fully saturated rings. The number of carbonyl (C=O) groups excluding carboxylic acids is 2. The molecule has 2 heterocycles. The number of pyridine rings is 1. The van der Waals surface area contributed by atoms with Gasteiger partial charge in [0.2, 0.25) is 5.60 Å². The first kappa shape index (κ1) is 22.0. The fourth-order valence-electron chi connectivity index (χ4n) is 3.21. The van der Waals surface area contributed by atoms with Crippen LogP contribution in [0.2, 0.25) is 0 Å². The molecule has 6 nitrogen and oxygen atoms in total. The number of carbonyl (C=O) groups is 2. The molecular formula is C17H20F5N3O3. The van der Waals surface area contributed by atoms with E-state index < -0.39 is 52.9 Å². The third-order valence-electron chi connectivity index (χ3n) is 4.94. The third kappa shape index (κ3) is 4.08. The van der Waals surface area contributed by atoms with E-state index in [9.17, 15) is 36.6 Å². The van der Waals surface area contributed by atoms with Crippen LogP contribution >= 0.6 is 0 Å². The van der Waals surface area contributed by atoms with Crippen molar-refractivity contribution < 1.29 is 36.6 Å². The highest BCUT2D eigenvalue weighted by molar-refractivity contribution is 5.92. The fourth-order valence-corrected chi connectivity index (χ4v) is 3.21. The summed E-state index contributed by atoms with van der Waals surface area (Å²) >= 11 is 0. The lowest BCUT2D eigenvalue weighted by molar-refractivity contribution is -0.251. The van der Waals surface area contributed by atoms with Gasteiger partial charge in [-0.3, -0.25) is 9.59 Å². The minimum atomic E-state index is -5.12. The largest absolute Gasteiger partial charge is 0.426 e. The topological polar surface area (TPSA) is 73.7 Å². The van der Waals surface area contributed by atoms with Crippen LogP contribution in [0, 0.1) is 17.6 Å². The molecule has 0 bridgehead atoms. The van der Waals surface area contributed by atoms with Crippen molar-refractivity contribution in [2.75, 3.05) is 20.1 Å². The molecule has 1 aliphatic rings. The molecular weight excluding hydrogens is 389 g/mol. The molecule has 0 aliphatic carbocycles. The van der Waals surface area contributed by atoms with Gasteiger partial charge < -0.3 is 14.9 Å². The van der Waals surface area contributed by atoms with Gasteiger partial charge in [0.1, 0.15) is 5.82 Å². The Labute approximate surface area is 157 Å². The van der Waals surface area contributed by atoms with Crippen molar-refractivity contribution in [3.05, 3.63) is 29.6 Å². The van der Waals surface area contributed by atoms with Gasteiger partial charge in [0.05, 0.1) is 6.20 Å². The number of nitrogens with zero attached hydrogens (tertiary/aromatic N) is 3. The number of aromatic nitrogens is 1. The molecule has 2 amide bonds. The fraction of sp³-hybridized carbons (Fsp3) is 0.588. The first-order valence-electron chi connectivity index (χ1n) is 8.44. The molecule has 1 aromatic rings. The van der Waals surface area contributed by atoms with E-state index in [4.69, 9.17) is 0 Å².